The molecule has 3 N–H and O–H groups in total. The topological polar surface area (TPSA) is 89.5 Å². The molecule has 0 aliphatic carbocycles. The van der Waals surface area contributed by atoms with E-state index in [1.807, 2.05) is 0 Å². The molecule has 0 radical (unpaired) electrons. The van der Waals surface area contributed by atoms with Crippen LogP contribution in [0.1, 0.15) is 22.6 Å². The summed E-state index contributed by atoms with van der Waals surface area (Å²) in [7, 11) is 0. The first-order chi connectivity index (χ1) is 10.0. The number of benzene rings is 1. The fourth-order valence-corrected chi connectivity index (χ4v) is 2.68. The van der Waals surface area contributed by atoms with Crippen molar-refractivity contribution in [1.29, 1.82) is 0 Å². The Bertz CT molecular complexity index is 739. The zero-order valence-electron chi connectivity index (χ0n) is 11.8. The lowest BCUT2D eigenvalue weighted by molar-refractivity contribution is 0.237. The van der Waals surface area contributed by atoms with Crippen molar-refractivity contribution in [3.05, 3.63) is 51.2 Å². The van der Waals surface area contributed by atoms with Crippen LogP contribution in [0.25, 0.3) is 0 Å². The summed E-state index contributed by atoms with van der Waals surface area (Å²) >= 11 is 0. The number of nitrogens with one attached hydrogen (secondary N) is 1. The van der Waals surface area contributed by atoms with Gasteiger partial charge < -0.3 is 15.2 Å². The van der Waals surface area contributed by atoms with Gasteiger partial charge in [0.15, 0.2) is 0 Å². The highest BCUT2D eigenvalue weighted by atomic mass is 16.3. The number of nitrogens with zero attached hydrogens (tertiary/aromatic N) is 2. The molecule has 0 saturated carbocycles. The Morgan fingerprint density at radius 2 is 2.19 bits per heavy atom. The van der Waals surface area contributed by atoms with Crippen LogP contribution in [0.3, 0.4) is 0 Å². The Morgan fingerprint density at radius 1 is 1.38 bits per heavy atom. The van der Waals surface area contributed by atoms with Crippen molar-refractivity contribution in [2.45, 2.75) is 26.4 Å². The van der Waals surface area contributed by atoms with Gasteiger partial charge in [-0.3, -0.25) is 9.69 Å². The normalized spacial score (nSPS) is 14.9. The first kappa shape index (κ1) is 13.6. The summed E-state index contributed by atoms with van der Waals surface area (Å²) in [5, 5.41) is 19.2. The predicted molar refractivity (Wildman–Crippen MR) is 77.2 cm³/mol. The maximum Gasteiger partial charge on any atom is 0.254 e. The van der Waals surface area contributed by atoms with Gasteiger partial charge in [0.1, 0.15) is 17.3 Å². The van der Waals surface area contributed by atoms with Crippen molar-refractivity contribution in [2.24, 2.45) is 0 Å². The van der Waals surface area contributed by atoms with E-state index >= 15 is 0 Å². The van der Waals surface area contributed by atoms with E-state index in [0.29, 0.717) is 25.3 Å². The second kappa shape index (κ2) is 5.21. The van der Waals surface area contributed by atoms with Crippen LogP contribution in [-0.2, 0) is 19.5 Å². The molecule has 1 aliphatic rings. The van der Waals surface area contributed by atoms with Gasteiger partial charge in [0.05, 0.1) is 5.69 Å². The number of rotatable bonds is 2. The molecular weight excluding hydrogens is 270 g/mol. The minimum Gasteiger partial charge on any atom is -0.508 e. The van der Waals surface area contributed by atoms with Gasteiger partial charge in [0.2, 0.25) is 0 Å². The molecule has 2 heterocycles. The Morgan fingerprint density at radius 3 is 2.95 bits per heavy atom. The number of aryl methyl sites for hydroxylation is 1. The number of hydrogen-bond donors (Lipinski definition) is 3. The van der Waals surface area contributed by atoms with Gasteiger partial charge in [0.25, 0.3) is 5.56 Å². The third-order valence-electron chi connectivity index (χ3n) is 3.73. The van der Waals surface area contributed by atoms with E-state index in [2.05, 4.69) is 14.9 Å². The second-order valence-corrected chi connectivity index (χ2v) is 5.35. The van der Waals surface area contributed by atoms with E-state index in [1.54, 1.807) is 19.1 Å². The maximum atomic E-state index is 11.9. The van der Waals surface area contributed by atoms with Crippen molar-refractivity contribution in [2.75, 3.05) is 6.54 Å². The van der Waals surface area contributed by atoms with Crippen LogP contribution in [0.15, 0.2) is 23.0 Å². The summed E-state index contributed by atoms with van der Waals surface area (Å²) in [5.41, 5.74) is 2.26. The van der Waals surface area contributed by atoms with Gasteiger partial charge in [-0.2, -0.15) is 0 Å². The van der Waals surface area contributed by atoms with Crippen molar-refractivity contribution in [1.82, 2.24) is 14.9 Å². The average molecular weight is 287 g/mol. The van der Waals surface area contributed by atoms with Gasteiger partial charge in [-0.15, -0.1) is 0 Å². The molecule has 0 bridgehead atoms. The quantitative estimate of drug-likeness (QED) is 0.768. The SMILES string of the molecule is Cc1nc2c(c(=O)[nH]1)CCN(Cc1ccc(O)cc1O)C2. The molecule has 0 atom stereocenters. The molecule has 6 nitrogen and oxygen atoms in total. The summed E-state index contributed by atoms with van der Waals surface area (Å²) < 4.78 is 0. The Hall–Kier alpha value is -2.34. The standard InChI is InChI=1S/C15H17N3O3/c1-9-16-13-8-18(5-4-12(13)15(21)17-9)7-10-2-3-11(19)6-14(10)20/h2-3,6,19-20H,4-5,7-8H2,1H3,(H,16,17,21). The number of phenolic OH excluding ortho intramolecular Hbond substituents is 2. The van der Waals surface area contributed by atoms with Crippen molar-refractivity contribution in [3.8, 4) is 11.5 Å². The van der Waals surface area contributed by atoms with Gasteiger partial charge in [-0.1, -0.05) is 6.07 Å². The molecule has 1 aliphatic heterocycles. The first-order valence-electron chi connectivity index (χ1n) is 6.85. The van der Waals surface area contributed by atoms with Crippen molar-refractivity contribution in [3.63, 3.8) is 0 Å². The lowest BCUT2D eigenvalue weighted by Crippen LogP contribution is -2.35. The van der Waals surface area contributed by atoms with Crippen molar-refractivity contribution < 1.29 is 10.2 Å². The number of aromatic hydroxyl groups is 2. The minimum absolute atomic E-state index is 0.0454. The molecule has 0 spiro atoms. The molecule has 3 rings (SSSR count). The van der Waals surface area contributed by atoms with Gasteiger partial charge in [-0.25, -0.2) is 4.98 Å². The number of aromatic nitrogens is 2. The molecule has 0 fully saturated rings. The molecule has 2 aromatic rings. The Kier molecular flexibility index (Phi) is 3.39. The van der Waals surface area contributed by atoms with E-state index in [9.17, 15) is 15.0 Å². The smallest absolute Gasteiger partial charge is 0.254 e. The third kappa shape index (κ3) is 2.75. The molecule has 0 unspecified atom stereocenters. The summed E-state index contributed by atoms with van der Waals surface area (Å²) in [6.45, 7) is 3.65. The number of H-pyrrole nitrogens is 1. The third-order valence-corrected chi connectivity index (χ3v) is 3.73. The fourth-order valence-electron chi connectivity index (χ4n) is 2.68. The van der Waals surface area contributed by atoms with E-state index < -0.39 is 0 Å². The molecule has 6 heteroatoms. The van der Waals surface area contributed by atoms with E-state index in [-0.39, 0.29) is 17.1 Å². The molecule has 110 valence electrons. The van der Waals surface area contributed by atoms with Gasteiger partial charge in [-0.05, 0) is 19.4 Å². The second-order valence-electron chi connectivity index (χ2n) is 5.35. The van der Waals surface area contributed by atoms with Crippen LogP contribution < -0.4 is 5.56 Å². The molecule has 1 aromatic heterocycles. The van der Waals surface area contributed by atoms with Crippen molar-refractivity contribution >= 4 is 0 Å². The highest BCUT2D eigenvalue weighted by Gasteiger charge is 2.21. The average Bonchev–Trinajstić information content (AvgIpc) is 2.41. The molecule has 0 amide bonds. The van der Waals surface area contributed by atoms with Crippen LogP contribution in [0, 0.1) is 6.92 Å². The van der Waals surface area contributed by atoms with Crippen LogP contribution in [0.5, 0.6) is 11.5 Å². The summed E-state index contributed by atoms with van der Waals surface area (Å²) in [6, 6.07) is 4.59. The monoisotopic (exact) mass is 287 g/mol. The first-order valence-corrected chi connectivity index (χ1v) is 6.85. The Labute approximate surface area is 121 Å². The highest BCUT2D eigenvalue weighted by Crippen LogP contribution is 2.25. The number of phenols is 2. The largest absolute Gasteiger partial charge is 0.508 e. The predicted octanol–water partition coefficient (Wildman–Crippen LogP) is 1.05. The van der Waals surface area contributed by atoms with Crippen LogP contribution >= 0.6 is 0 Å². The molecule has 0 saturated heterocycles. The minimum atomic E-state index is -0.0513. The number of aromatic amines is 1. The summed E-state index contributed by atoms with van der Waals surface area (Å²) in [5.74, 6) is 0.744. The number of fused-ring (bicyclic) bond motifs is 1. The van der Waals surface area contributed by atoms with E-state index in [0.717, 1.165) is 23.4 Å². The molecule has 21 heavy (non-hydrogen) atoms. The fraction of sp³-hybridized carbons (Fsp3) is 0.333. The van der Waals surface area contributed by atoms with Gasteiger partial charge >= 0.3 is 0 Å². The lowest BCUT2D eigenvalue weighted by Gasteiger charge is -2.27. The van der Waals surface area contributed by atoms with Gasteiger partial charge in [0, 0.05) is 36.8 Å². The zero-order valence-corrected chi connectivity index (χ0v) is 11.8. The summed E-state index contributed by atoms with van der Waals surface area (Å²) in [6.07, 6.45) is 0.650. The van der Waals surface area contributed by atoms with E-state index in [1.165, 1.54) is 6.07 Å². The maximum absolute atomic E-state index is 11.9. The Balaban J connectivity index is 1.82. The zero-order chi connectivity index (χ0) is 15.0. The van der Waals surface area contributed by atoms with Crippen LogP contribution in [0.4, 0.5) is 0 Å². The van der Waals surface area contributed by atoms with Crippen LogP contribution in [0.2, 0.25) is 0 Å². The van der Waals surface area contributed by atoms with E-state index in [4.69, 9.17) is 0 Å². The molecule has 1 aromatic carbocycles. The molecular formula is C15H17N3O3. The highest BCUT2D eigenvalue weighted by molar-refractivity contribution is 5.39. The lowest BCUT2D eigenvalue weighted by atomic mass is 10.1. The van der Waals surface area contributed by atoms with Crippen LogP contribution in [-0.4, -0.2) is 31.6 Å². The summed E-state index contributed by atoms with van der Waals surface area (Å²) in [4.78, 5) is 21.1. The number of hydrogen-bond acceptors (Lipinski definition) is 5.